The van der Waals surface area contributed by atoms with Crippen molar-refractivity contribution in [2.24, 2.45) is 5.92 Å². The molecule has 1 saturated heterocycles. The summed E-state index contributed by atoms with van der Waals surface area (Å²) in [5, 5.41) is 16.4. The van der Waals surface area contributed by atoms with Gasteiger partial charge < -0.3 is 14.7 Å². The Bertz CT molecular complexity index is 569. The minimum absolute atomic E-state index is 0.0324. The molecule has 1 aromatic rings. The van der Waals surface area contributed by atoms with Crippen LogP contribution in [0.2, 0.25) is 0 Å². The van der Waals surface area contributed by atoms with Crippen LogP contribution in [0.4, 0.5) is 0 Å². The van der Waals surface area contributed by atoms with Crippen molar-refractivity contribution in [1.82, 2.24) is 19.9 Å². The van der Waals surface area contributed by atoms with Crippen LogP contribution < -0.4 is 0 Å². The number of carbonyl (C=O) groups excluding carboxylic acids is 1. The van der Waals surface area contributed by atoms with E-state index >= 15 is 0 Å². The number of hydrogen-bond acceptors (Lipinski definition) is 5. The molecule has 120 valence electrons. The lowest BCUT2D eigenvalue weighted by Gasteiger charge is -2.34. The van der Waals surface area contributed by atoms with Gasteiger partial charge >= 0.3 is 5.97 Å². The zero-order valence-electron chi connectivity index (χ0n) is 12.5. The van der Waals surface area contributed by atoms with Crippen molar-refractivity contribution in [3.8, 4) is 0 Å². The first-order valence-corrected chi connectivity index (χ1v) is 7.57. The Hall–Kier alpha value is -1.96. The highest BCUT2D eigenvalue weighted by molar-refractivity contribution is 5.84. The molecule has 0 bridgehead atoms. The van der Waals surface area contributed by atoms with Crippen molar-refractivity contribution < 1.29 is 19.4 Å². The van der Waals surface area contributed by atoms with Gasteiger partial charge in [0.05, 0.1) is 12.2 Å². The van der Waals surface area contributed by atoms with Crippen molar-refractivity contribution in [3.63, 3.8) is 0 Å². The molecule has 2 atom stereocenters. The number of carboxylic acid groups (broad SMARTS) is 1. The van der Waals surface area contributed by atoms with Gasteiger partial charge in [-0.2, -0.15) is 0 Å². The van der Waals surface area contributed by atoms with Crippen molar-refractivity contribution in [1.29, 1.82) is 0 Å². The topological polar surface area (TPSA) is 97.5 Å². The van der Waals surface area contributed by atoms with E-state index in [0.29, 0.717) is 19.0 Å². The second-order valence-corrected chi connectivity index (χ2v) is 5.96. The Labute approximate surface area is 128 Å². The molecule has 1 aromatic heterocycles. The van der Waals surface area contributed by atoms with Gasteiger partial charge in [-0.3, -0.25) is 4.79 Å². The average Bonchev–Trinajstić information content (AvgIpc) is 3.22. The summed E-state index contributed by atoms with van der Waals surface area (Å²) in [6.45, 7) is 1.23. The molecule has 1 amide bonds. The van der Waals surface area contributed by atoms with Gasteiger partial charge in [0.15, 0.2) is 5.69 Å². The quantitative estimate of drug-likeness (QED) is 0.854. The molecule has 2 heterocycles. The predicted octanol–water partition coefficient (Wildman–Crippen LogP) is 0.565. The molecule has 0 spiro atoms. The molecule has 2 aliphatic rings. The smallest absolute Gasteiger partial charge is 0.358 e. The number of nitrogens with zero attached hydrogens (tertiary/aromatic N) is 4. The summed E-state index contributed by atoms with van der Waals surface area (Å²) in [6, 6.07) is -0.0324. The standard InChI is InChI=1S/C14H20N4O4/c1-22-12(9-4-5-9)13(19)17-6-2-3-10(7-17)18-8-11(14(20)21)15-16-18/h8-10,12H,2-7H2,1H3,(H,20,21). The van der Waals surface area contributed by atoms with E-state index in [4.69, 9.17) is 9.84 Å². The lowest BCUT2D eigenvalue weighted by molar-refractivity contribution is -0.145. The summed E-state index contributed by atoms with van der Waals surface area (Å²) >= 11 is 0. The van der Waals surface area contributed by atoms with Crippen molar-refractivity contribution >= 4 is 11.9 Å². The average molecular weight is 308 g/mol. The molecule has 0 aromatic carbocycles. The van der Waals surface area contributed by atoms with Crippen LogP contribution in [0.15, 0.2) is 6.20 Å². The number of aromatic nitrogens is 3. The fraction of sp³-hybridized carbons (Fsp3) is 0.714. The number of likely N-dealkylation sites (tertiary alicyclic amines) is 1. The molecule has 22 heavy (non-hydrogen) atoms. The van der Waals surface area contributed by atoms with E-state index in [1.165, 1.54) is 6.20 Å². The molecule has 0 radical (unpaired) electrons. The summed E-state index contributed by atoms with van der Waals surface area (Å²) in [7, 11) is 1.58. The zero-order valence-corrected chi connectivity index (χ0v) is 12.5. The number of hydrogen-bond donors (Lipinski definition) is 1. The Kier molecular flexibility index (Phi) is 4.10. The molecular formula is C14H20N4O4. The monoisotopic (exact) mass is 308 g/mol. The van der Waals surface area contributed by atoms with Gasteiger partial charge in [-0.05, 0) is 31.6 Å². The van der Waals surface area contributed by atoms with Gasteiger partial charge in [0, 0.05) is 20.2 Å². The van der Waals surface area contributed by atoms with E-state index in [9.17, 15) is 9.59 Å². The molecule has 3 rings (SSSR count). The highest BCUT2D eigenvalue weighted by Crippen LogP contribution is 2.35. The SMILES string of the molecule is COC(C(=O)N1CCCC(n2cc(C(=O)O)nn2)C1)C1CC1. The van der Waals surface area contributed by atoms with Crippen molar-refractivity contribution in [3.05, 3.63) is 11.9 Å². The molecule has 8 heteroatoms. The second kappa shape index (κ2) is 6.04. The lowest BCUT2D eigenvalue weighted by atomic mass is 10.0. The molecule has 1 N–H and O–H groups in total. The summed E-state index contributed by atoms with van der Waals surface area (Å²) in [6.07, 6.45) is 4.89. The van der Waals surface area contributed by atoms with Crippen LogP contribution >= 0.6 is 0 Å². The maximum Gasteiger partial charge on any atom is 0.358 e. The summed E-state index contributed by atoms with van der Waals surface area (Å²) in [5.74, 6) is -0.709. The molecule has 1 aliphatic carbocycles. The predicted molar refractivity (Wildman–Crippen MR) is 75.4 cm³/mol. The number of aromatic carboxylic acids is 1. The summed E-state index contributed by atoms with van der Waals surface area (Å²) in [5.41, 5.74) is -0.0730. The van der Waals surface area contributed by atoms with E-state index in [1.807, 2.05) is 4.90 Å². The first kappa shape index (κ1) is 15.0. The zero-order chi connectivity index (χ0) is 15.7. The third-order valence-electron chi connectivity index (χ3n) is 4.36. The van der Waals surface area contributed by atoms with Crippen LogP contribution in [0.3, 0.4) is 0 Å². The molecule has 8 nitrogen and oxygen atoms in total. The van der Waals surface area contributed by atoms with Gasteiger partial charge in [0.1, 0.15) is 6.10 Å². The van der Waals surface area contributed by atoms with E-state index < -0.39 is 5.97 Å². The largest absolute Gasteiger partial charge is 0.476 e. The third-order valence-corrected chi connectivity index (χ3v) is 4.36. The fourth-order valence-corrected chi connectivity index (χ4v) is 3.00. The third kappa shape index (κ3) is 2.96. The van der Waals surface area contributed by atoms with Gasteiger partial charge in [-0.25, -0.2) is 9.48 Å². The highest BCUT2D eigenvalue weighted by Gasteiger charge is 2.39. The maximum atomic E-state index is 12.6. The Morgan fingerprint density at radius 3 is 2.77 bits per heavy atom. The Balaban J connectivity index is 1.67. The van der Waals surface area contributed by atoms with Crippen LogP contribution in [0.25, 0.3) is 0 Å². The van der Waals surface area contributed by atoms with Gasteiger partial charge in [0.2, 0.25) is 0 Å². The number of carboxylic acids is 1. The van der Waals surface area contributed by atoms with Crippen LogP contribution in [0.5, 0.6) is 0 Å². The maximum absolute atomic E-state index is 12.6. The number of rotatable bonds is 5. The van der Waals surface area contributed by atoms with Gasteiger partial charge in [-0.1, -0.05) is 5.21 Å². The molecule has 1 aliphatic heterocycles. The van der Waals surface area contributed by atoms with Crippen LogP contribution in [0.1, 0.15) is 42.2 Å². The minimum atomic E-state index is -1.09. The van der Waals surface area contributed by atoms with Crippen molar-refractivity contribution in [2.45, 2.75) is 37.8 Å². The van der Waals surface area contributed by atoms with Crippen LogP contribution in [0, 0.1) is 5.92 Å². The second-order valence-electron chi connectivity index (χ2n) is 5.96. The first-order valence-electron chi connectivity index (χ1n) is 7.57. The number of amides is 1. The van der Waals surface area contributed by atoms with Gasteiger partial charge in [0.25, 0.3) is 5.91 Å². The molecule has 2 fully saturated rings. The lowest BCUT2D eigenvalue weighted by Crippen LogP contribution is -2.46. The van der Waals surface area contributed by atoms with Crippen molar-refractivity contribution in [2.75, 3.05) is 20.2 Å². The van der Waals surface area contributed by atoms with E-state index in [0.717, 1.165) is 25.7 Å². The first-order chi connectivity index (χ1) is 10.6. The van der Waals surface area contributed by atoms with E-state index in [2.05, 4.69) is 10.3 Å². The number of methoxy groups -OCH3 is 1. The normalized spacial score (nSPS) is 23.3. The molecular weight excluding hydrogens is 288 g/mol. The van der Waals surface area contributed by atoms with E-state index in [1.54, 1.807) is 11.8 Å². The Morgan fingerprint density at radius 2 is 2.18 bits per heavy atom. The summed E-state index contributed by atoms with van der Waals surface area (Å²) in [4.78, 5) is 25.3. The molecule has 1 saturated carbocycles. The number of carbonyl (C=O) groups is 2. The van der Waals surface area contributed by atoms with Crippen LogP contribution in [-0.2, 0) is 9.53 Å². The van der Waals surface area contributed by atoms with Crippen LogP contribution in [-0.4, -0.2) is 63.2 Å². The van der Waals surface area contributed by atoms with Gasteiger partial charge in [-0.15, -0.1) is 5.10 Å². The fourth-order valence-electron chi connectivity index (χ4n) is 3.00. The summed E-state index contributed by atoms with van der Waals surface area (Å²) < 4.78 is 6.92. The number of ether oxygens (including phenoxy) is 1. The molecule has 2 unspecified atom stereocenters. The Morgan fingerprint density at radius 1 is 1.41 bits per heavy atom. The highest BCUT2D eigenvalue weighted by atomic mass is 16.5. The minimum Gasteiger partial charge on any atom is -0.476 e. The van der Waals surface area contributed by atoms with E-state index in [-0.39, 0.29) is 23.7 Å². The number of piperidine rings is 1.